The van der Waals surface area contributed by atoms with Crippen LogP contribution >= 0.6 is 15.9 Å². The zero-order chi connectivity index (χ0) is 14.1. The van der Waals surface area contributed by atoms with Crippen molar-refractivity contribution in [2.45, 2.75) is 0 Å². The Bertz CT molecular complexity index is 688. The van der Waals surface area contributed by atoms with E-state index in [-0.39, 0.29) is 11.3 Å². The molecule has 1 N–H and O–H groups in total. The van der Waals surface area contributed by atoms with Crippen molar-refractivity contribution in [2.24, 2.45) is 0 Å². The van der Waals surface area contributed by atoms with Gasteiger partial charge in [0.15, 0.2) is 11.5 Å². The molecule has 0 radical (unpaired) electrons. The second-order valence-corrected chi connectivity index (χ2v) is 5.33. The van der Waals surface area contributed by atoms with Crippen LogP contribution in [0, 0.1) is 5.82 Å². The van der Waals surface area contributed by atoms with Crippen LogP contribution in [0.2, 0.25) is 0 Å². The van der Waals surface area contributed by atoms with Crippen LogP contribution in [0.1, 0.15) is 15.9 Å². The third-order valence-corrected chi connectivity index (χ3v) is 3.59. The van der Waals surface area contributed by atoms with Gasteiger partial charge in [0, 0.05) is 11.0 Å². The maximum atomic E-state index is 13.8. The molecule has 0 atom stereocenters. The van der Waals surface area contributed by atoms with E-state index in [0.717, 1.165) is 5.69 Å². The van der Waals surface area contributed by atoms with Crippen molar-refractivity contribution in [1.29, 1.82) is 0 Å². The van der Waals surface area contributed by atoms with Crippen LogP contribution in [-0.4, -0.2) is 18.9 Å². The molecule has 1 heterocycles. The molecular weight excluding hydrogens is 325 g/mol. The summed E-state index contributed by atoms with van der Waals surface area (Å²) >= 11 is 3.25. The fourth-order valence-electron chi connectivity index (χ4n) is 2.17. The van der Waals surface area contributed by atoms with E-state index in [9.17, 15) is 9.18 Å². The van der Waals surface area contributed by atoms with Gasteiger partial charge >= 0.3 is 0 Å². The Labute approximate surface area is 123 Å². The number of hydrogen-bond acceptors (Lipinski definition) is 3. The molecule has 0 spiro atoms. The zero-order valence-corrected chi connectivity index (χ0v) is 12.0. The van der Waals surface area contributed by atoms with Crippen molar-refractivity contribution in [3.63, 3.8) is 0 Å². The molecule has 3 rings (SSSR count). The summed E-state index contributed by atoms with van der Waals surface area (Å²) < 4.78 is 20.0. The number of ether oxygens (including phenoxy) is 1. The number of fused-ring (bicyclic) bond motifs is 1. The quantitative estimate of drug-likeness (QED) is 0.852. The molecule has 1 aliphatic heterocycles. The van der Waals surface area contributed by atoms with Gasteiger partial charge in [-0.25, -0.2) is 4.39 Å². The predicted molar refractivity (Wildman–Crippen MR) is 78.0 cm³/mol. The van der Waals surface area contributed by atoms with Gasteiger partial charge in [0.05, 0.1) is 16.8 Å². The molecule has 5 heteroatoms. The largest absolute Gasteiger partial charge is 0.489 e. The molecule has 2 aromatic carbocycles. The third kappa shape index (κ3) is 2.29. The smallest absolute Gasteiger partial charge is 0.199 e. The molecule has 0 fully saturated rings. The SMILES string of the molecule is O=C(c1cc(Br)ccc1F)c1cccc2c1OCCN2. The molecule has 2 aromatic rings. The number of nitrogens with one attached hydrogen (secondary N) is 1. The van der Waals surface area contributed by atoms with Gasteiger partial charge in [0.1, 0.15) is 12.4 Å². The Hall–Kier alpha value is -1.88. The average Bonchev–Trinajstić information content (AvgIpc) is 2.48. The van der Waals surface area contributed by atoms with Crippen LogP contribution < -0.4 is 10.1 Å². The summed E-state index contributed by atoms with van der Waals surface area (Å²) in [5, 5.41) is 3.16. The molecule has 0 aromatic heterocycles. The number of anilines is 1. The second kappa shape index (κ2) is 5.25. The standard InChI is InChI=1S/C15H11BrFNO2/c16-9-4-5-12(17)11(8-9)14(19)10-2-1-3-13-15(10)20-7-6-18-13/h1-5,8,18H,6-7H2. The first-order chi connectivity index (χ1) is 9.66. The van der Waals surface area contributed by atoms with Crippen LogP contribution in [0.25, 0.3) is 0 Å². The Kier molecular flexibility index (Phi) is 3.44. The molecule has 0 saturated carbocycles. The number of carbonyl (C=O) groups excluding carboxylic acids is 1. The van der Waals surface area contributed by atoms with Crippen molar-refractivity contribution in [2.75, 3.05) is 18.5 Å². The minimum atomic E-state index is -0.542. The lowest BCUT2D eigenvalue weighted by Gasteiger charge is -2.21. The summed E-state index contributed by atoms with van der Waals surface area (Å²) in [4.78, 5) is 12.5. The second-order valence-electron chi connectivity index (χ2n) is 4.41. The van der Waals surface area contributed by atoms with Gasteiger partial charge in [-0.3, -0.25) is 4.79 Å². The third-order valence-electron chi connectivity index (χ3n) is 3.10. The first kappa shape index (κ1) is 13.1. The van der Waals surface area contributed by atoms with Crippen molar-refractivity contribution >= 4 is 27.4 Å². The number of ketones is 1. The molecule has 20 heavy (non-hydrogen) atoms. The fourth-order valence-corrected chi connectivity index (χ4v) is 2.53. The highest BCUT2D eigenvalue weighted by Crippen LogP contribution is 2.33. The molecule has 0 bridgehead atoms. The van der Waals surface area contributed by atoms with Crippen LogP contribution in [-0.2, 0) is 0 Å². The van der Waals surface area contributed by atoms with E-state index in [1.165, 1.54) is 12.1 Å². The fraction of sp³-hybridized carbons (Fsp3) is 0.133. The molecule has 3 nitrogen and oxygen atoms in total. The Balaban J connectivity index is 2.09. The van der Waals surface area contributed by atoms with E-state index >= 15 is 0 Å². The number of halogens is 2. The maximum Gasteiger partial charge on any atom is 0.199 e. The van der Waals surface area contributed by atoms with E-state index in [1.807, 2.05) is 6.07 Å². The minimum absolute atomic E-state index is 0.0296. The molecule has 0 aliphatic carbocycles. The zero-order valence-electron chi connectivity index (χ0n) is 10.5. The highest BCUT2D eigenvalue weighted by molar-refractivity contribution is 9.10. The maximum absolute atomic E-state index is 13.8. The molecule has 0 unspecified atom stereocenters. The first-order valence-corrected chi connectivity index (χ1v) is 6.95. The average molecular weight is 336 g/mol. The van der Waals surface area contributed by atoms with E-state index in [4.69, 9.17) is 4.74 Å². The molecule has 0 saturated heterocycles. The van der Waals surface area contributed by atoms with E-state index < -0.39 is 5.82 Å². The Morgan fingerprint density at radius 2 is 2.10 bits per heavy atom. The van der Waals surface area contributed by atoms with Crippen LogP contribution in [0.5, 0.6) is 5.75 Å². The number of benzene rings is 2. The monoisotopic (exact) mass is 335 g/mol. The molecule has 1 aliphatic rings. The highest BCUT2D eigenvalue weighted by atomic mass is 79.9. The van der Waals surface area contributed by atoms with Crippen molar-refractivity contribution in [3.8, 4) is 5.75 Å². The van der Waals surface area contributed by atoms with Gasteiger partial charge in [-0.15, -0.1) is 0 Å². The number of carbonyl (C=O) groups is 1. The molecule has 0 amide bonds. The van der Waals surface area contributed by atoms with Gasteiger partial charge in [-0.05, 0) is 30.3 Å². The lowest BCUT2D eigenvalue weighted by molar-refractivity contribution is 0.103. The first-order valence-electron chi connectivity index (χ1n) is 6.16. The van der Waals surface area contributed by atoms with E-state index in [0.29, 0.717) is 28.9 Å². The summed E-state index contributed by atoms with van der Waals surface area (Å²) in [5.41, 5.74) is 1.16. The lowest BCUT2D eigenvalue weighted by Crippen LogP contribution is -2.20. The van der Waals surface area contributed by atoms with Gasteiger partial charge in [-0.2, -0.15) is 0 Å². The molecular formula is C15H11BrFNO2. The summed E-state index contributed by atoms with van der Waals surface area (Å²) in [6.45, 7) is 1.17. The number of rotatable bonds is 2. The van der Waals surface area contributed by atoms with Crippen molar-refractivity contribution in [1.82, 2.24) is 0 Å². The highest BCUT2D eigenvalue weighted by Gasteiger charge is 2.22. The van der Waals surface area contributed by atoms with Crippen molar-refractivity contribution < 1.29 is 13.9 Å². The Morgan fingerprint density at radius 3 is 2.95 bits per heavy atom. The molecule has 102 valence electrons. The van der Waals surface area contributed by atoms with Gasteiger partial charge < -0.3 is 10.1 Å². The summed E-state index contributed by atoms with van der Waals surface area (Å²) in [7, 11) is 0. The van der Waals surface area contributed by atoms with Crippen molar-refractivity contribution in [3.05, 3.63) is 57.8 Å². The predicted octanol–water partition coefficient (Wildman–Crippen LogP) is 3.62. The van der Waals surface area contributed by atoms with E-state index in [2.05, 4.69) is 21.2 Å². The number of hydrogen-bond donors (Lipinski definition) is 1. The normalized spacial score (nSPS) is 13.1. The van der Waals surface area contributed by atoms with Crippen LogP contribution in [0.4, 0.5) is 10.1 Å². The summed E-state index contributed by atoms with van der Waals surface area (Å²) in [5.74, 6) is -0.438. The minimum Gasteiger partial charge on any atom is -0.489 e. The van der Waals surface area contributed by atoms with Gasteiger partial charge in [0.25, 0.3) is 0 Å². The van der Waals surface area contributed by atoms with E-state index in [1.54, 1.807) is 18.2 Å². The van der Waals surface area contributed by atoms with Crippen LogP contribution in [0.3, 0.4) is 0 Å². The van der Waals surface area contributed by atoms with Gasteiger partial charge in [0.2, 0.25) is 0 Å². The summed E-state index contributed by atoms with van der Waals surface area (Å²) in [6, 6.07) is 9.55. The summed E-state index contributed by atoms with van der Waals surface area (Å²) in [6.07, 6.45) is 0. The van der Waals surface area contributed by atoms with Gasteiger partial charge in [-0.1, -0.05) is 22.0 Å². The number of para-hydroxylation sites is 1. The Morgan fingerprint density at radius 1 is 1.25 bits per heavy atom. The van der Waals surface area contributed by atoms with Crippen LogP contribution in [0.15, 0.2) is 40.9 Å². The topological polar surface area (TPSA) is 38.3 Å². The lowest BCUT2D eigenvalue weighted by atomic mass is 10.0.